The molecule has 0 saturated heterocycles. The third-order valence-electron chi connectivity index (χ3n) is 5.99. The average Bonchev–Trinajstić information content (AvgIpc) is 3.36. The number of nitrogens with one attached hydrogen (secondary N) is 1. The Morgan fingerprint density at radius 1 is 0.978 bits per heavy atom. The van der Waals surface area contributed by atoms with Crippen LogP contribution in [0.15, 0.2) is 17.7 Å². The van der Waals surface area contributed by atoms with Gasteiger partial charge in [-0.15, -0.1) is 5.10 Å². The van der Waals surface area contributed by atoms with Crippen molar-refractivity contribution >= 4 is 35.8 Å². The summed E-state index contributed by atoms with van der Waals surface area (Å²) in [6.45, 7) is 8.95. The van der Waals surface area contributed by atoms with E-state index in [0.29, 0.717) is 12.3 Å². The molecular formula is C28H40N4O13. The first-order valence-electron chi connectivity index (χ1n) is 14.1. The Morgan fingerprint density at radius 3 is 2.18 bits per heavy atom. The van der Waals surface area contributed by atoms with Crippen molar-refractivity contribution in [1.82, 2.24) is 20.3 Å². The molecule has 17 heteroatoms. The molecule has 1 aromatic rings. The summed E-state index contributed by atoms with van der Waals surface area (Å²) in [5.41, 5.74) is 0.763. The van der Waals surface area contributed by atoms with Gasteiger partial charge in [0.05, 0.1) is 19.3 Å². The van der Waals surface area contributed by atoms with Gasteiger partial charge in [-0.3, -0.25) is 24.0 Å². The molecule has 0 aromatic carbocycles. The minimum atomic E-state index is -1.63. The van der Waals surface area contributed by atoms with Crippen molar-refractivity contribution < 1.29 is 61.9 Å². The van der Waals surface area contributed by atoms with Crippen molar-refractivity contribution in [2.75, 3.05) is 20.3 Å². The van der Waals surface area contributed by atoms with Crippen LogP contribution in [0.1, 0.15) is 54.2 Å². The molecular weight excluding hydrogens is 600 g/mol. The molecule has 1 aliphatic heterocycles. The van der Waals surface area contributed by atoms with E-state index in [-0.39, 0.29) is 18.9 Å². The number of methoxy groups -OCH3 is 1. The summed E-state index contributed by atoms with van der Waals surface area (Å²) >= 11 is 0. The molecule has 2 heterocycles. The Labute approximate surface area is 259 Å². The molecule has 1 amide bonds. The predicted molar refractivity (Wildman–Crippen MR) is 149 cm³/mol. The second-order valence-corrected chi connectivity index (χ2v) is 10.5. The molecule has 1 N–H and O–H groups in total. The zero-order valence-electron chi connectivity index (χ0n) is 26.5. The molecule has 5 atom stereocenters. The van der Waals surface area contributed by atoms with Gasteiger partial charge in [-0.2, -0.15) is 0 Å². The first-order chi connectivity index (χ1) is 21.1. The van der Waals surface area contributed by atoms with Crippen LogP contribution in [0.3, 0.4) is 0 Å². The van der Waals surface area contributed by atoms with Gasteiger partial charge in [0.25, 0.3) is 0 Å². The Bertz CT molecular complexity index is 1270. The van der Waals surface area contributed by atoms with E-state index in [4.69, 9.17) is 33.2 Å². The summed E-state index contributed by atoms with van der Waals surface area (Å²) in [5, 5.41) is 10.8. The molecule has 2 rings (SSSR count). The normalized spacial score (nSPS) is 19.0. The second kappa shape index (κ2) is 17.0. The van der Waals surface area contributed by atoms with Crippen LogP contribution in [0.25, 0.3) is 0 Å². The molecule has 0 fully saturated rings. The predicted octanol–water partition coefficient (Wildman–Crippen LogP) is 0.140. The largest absolute Gasteiger partial charge is 0.488 e. The number of esters is 5. The Balaban J connectivity index is 2.63. The lowest BCUT2D eigenvalue weighted by Gasteiger charge is -2.42. The van der Waals surface area contributed by atoms with Gasteiger partial charge in [0.2, 0.25) is 11.7 Å². The van der Waals surface area contributed by atoms with Gasteiger partial charge < -0.3 is 38.5 Å². The van der Waals surface area contributed by atoms with Crippen molar-refractivity contribution in [3.63, 3.8) is 0 Å². The van der Waals surface area contributed by atoms with E-state index >= 15 is 0 Å². The highest BCUT2D eigenvalue weighted by atomic mass is 16.6. The number of carbonyl (C=O) groups excluding carboxylic acids is 6. The van der Waals surface area contributed by atoms with E-state index in [0.717, 1.165) is 47.4 Å². The summed E-state index contributed by atoms with van der Waals surface area (Å²) < 4.78 is 39.6. The molecule has 0 spiro atoms. The van der Waals surface area contributed by atoms with E-state index in [1.54, 1.807) is 6.20 Å². The topological polar surface area (TPSA) is 210 Å². The molecule has 1 aliphatic rings. The molecule has 45 heavy (non-hydrogen) atoms. The fourth-order valence-electron chi connectivity index (χ4n) is 4.45. The van der Waals surface area contributed by atoms with Crippen molar-refractivity contribution in [2.45, 2.75) is 91.9 Å². The minimum Gasteiger partial charge on any atom is -0.488 e. The van der Waals surface area contributed by atoms with Crippen LogP contribution >= 0.6 is 0 Å². The summed E-state index contributed by atoms with van der Waals surface area (Å²) in [6.07, 6.45) is -3.82. The van der Waals surface area contributed by atoms with Crippen molar-refractivity contribution in [3.05, 3.63) is 23.4 Å². The lowest BCUT2D eigenvalue weighted by Crippen LogP contribution is -2.63. The van der Waals surface area contributed by atoms with Crippen LogP contribution < -0.4 is 5.32 Å². The van der Waals surface area contributed by atoms with Crippen molar-refractivity contribution in [2.24, 2.45) is 5.92 Å². The maximum absolute atomic E-state index is 13.0. The highest BCUT2D eigenvalue weighted by molar-refractivity contribution is 5.87. The average molecular weight is 641 g/mol. The Kier molecular flexibility index (Phi) is 13.8. The van der Waals surface area contributed by atoms with Gasteiger partial charge in [0, 0.05) is 40.8 Å². The number of hydrogen-bond donors (Lipinski definition) is 1. The summed E-state index contributed by atoms with van der Waals surface area (Å²) in [7, 11) is 1.06. The van der Waals surface area contributed by atoms with Crippen molar-refractivity contribution in [3.8, 4) is 0 Å². The SMILES string of the molecule is COC(=O)C1=C(OCCn2cc(CC(C)C)nn2)[C@H](OC(C)=O)[C@@H](NC(C)=O)[C@H]([C@H](OC(C)=O)[C@@H](COC(C)=O)OC(C)=O)O1. The van der Waals surface area contributed by atoms with E-state index < -0.39 is 78.6 Å². The van der Waals surface area contributed by atoms with Gasteiger partial charge in [-0.05, 0) is 12.3 Å². The fourth-order valence-corrected chi connectivity index (χ4v) is 4.45. The molecule has 0 unspecified atom stereocenters. The Hall–Kier alpha value is -4.70. The number of nitrogens with zero attached hydrogens (tertiary/aromatic N) is 3. The van der Waals surface area contributed by atoms with Crippen LogP contribution in [-0.2, 0) is 74.9 Å². The maximum Gasteiger partial charge on any atom is 0.377 e. The number of hydrogen-bond acceptors (Lipinski definition) is 15. The maximum atomic E-state index is 13.0. The highest BCUT2D eigenvalue weighted by Crippen LogP contribution is 2.33. The van der Waals surface area contributed by atoms with Gasteiger partial charge in [0.1, 0.15) is 19.3 Å². The molecule has 250 valence electrons. The van der Waals surface area contributed by atoms with Crippen LogP contribution in [-0.4, -0.2) is 102 Å². The number of aromatic nitrogens is 3. The van der Waals surface area contributed by atoms with Crippen molar-refractivity contribution in [1.29, 1.82) is 0 Å². The van der Waals surface area contributed by atoms with Crippen LogP contribution in [0, 0.1) is 5.92 Å². The molecule has 0 aliphatic carbocycles. The zero-order valence-corrected chi connectivity index (χ0v) is 26.5. The van der Waals surface area contributed by atoms with Gasteiger partial charge in [0.15, 0.2) is 30.2 Å². The molecule has 0 bridgehead atoms. The summed E-state index contributed by atoms with van der Waals surface area (Å²) in [4.78, 5) is 73.6. The second-order valence-electron chi connectivity index (χ2n) is 10.5. The zero-order chi connectivity index (χ0) is 33.8. The van der Waals surface area contributed by atoms with E-state index in [1.165, 1.54) is 4.68 Å². The smallest absolute Gasteiger partial charge is 0.377 e. The van der Waals surface area contributed by atoms with Gasteiger partial charge in [-0.1, -0.05) is 19.1 Å². The van der Waals surface area contributed by atoms with E-state index in [1.807, 2.05) is 13.8 Å². The monoisotopic (exact) mass is 640 g/mol. The summed E-state index contributed by atoms with van der Waals surface area (Å²) in [6, 6.07) is -1.40. The van der Waals surface area contributed by atoms with Gasteiger partial charge >= 0.3 is 29.8 Å². The third-order valence-corrected chi connectivity index (χ3v) is 5.99. The first kappa shape index (κ1) is 36.5. The molecule has 0 radical (unpaired) electrons. The number of ether oxygens (including phenoxy) is 7. The lowest BCUT2D eigenvalue weighted by molar-refractivity contribution is -0.195. The number of carbonyl (C=O) groups is 6. The quantitative estimate of drug-likeness (QED) is 0.200. The van der Waals surface area contributed by atoms with Gasteiger partial charge in [-0.25, -0.2) is 9.48 Å². The van der Waals surface area contributed by atoms with Crippen LogP contribution in [0.4, 0.5) is 0 Å². The highest BCUT2D eigenvalue weighted by Gasteiger charge is 2.53. The molecule has 1 aromatic heterocycles. The van der Waals surface area contributed by atoms with E-state index in [9.17, 15) is 28.8 Å². The number of rotatable bonds is 15. The standard InChI is InChI=1S/C28H40N4O13/c1-14(2)11-20-12-32(31-30-20)9-10-40-26-25(44-19(7)37)22(29-15(3)33)24(45-27(26)28(38)39-8)23(43-18(6)36)21(42-17(5)35)13-41-16(4)34/h12,14,21-25H,9-11,13H2,1-8H3,(H,29,33)/t21-,22+,23-,24-,25-/m1/s1. The first-order valence-corrected chi connectivity index (χ1v) is 14.1. The van der Waals surface area contributed by atoms with Crippen LogP contribution in [0.2, 0.25) is 0 Å². The molecule has 17 nitrogen and oxygen atoms in total. The fraction of sp³-hybridized carbons (Fsp3) is 0.643. The summed E-state index contributed by atoms with van der Waals surface area (Å²) in [5.74, 6) is -5.57. The Morgan fingerprint density at radius 2 is 1.64 bits per heavy atom. The third kappa shape index (κ3) is 11.4. The minimum absolute atomic E-state index is 0.130. The molecule has 0 saturated carbocycles. The van der Waals surface area contributed by atoms with Crippen LogP contribution in [0.5, 0.6) is 0 Å². The lowest BCUT2D eigenvalue weighted by atomic mass is 9.92. The van der Waals surface area contributed by atoms with E-state index in [2.05, 4.69) is 15.6 Å². The number of amides is 1.